The average molecular weight is 244 g/mol. The van der Waals surface area contributed by atoms with E-state index in [-0.39, 0.29) is 0 Å². The summed E-state index contributed by atoms with van der Waals surface area (Å²) in [5.74, 6) is 3.27. The minimum absolute atomic E-state index is 1.05. The van der Waals surface area contributed by atoms with Gasteiger partial charge in [0.05, 0.1) is 11.9 Å². The number of pyridine rings is 1. The Bertz CT molecular complexity index is 445. The lowest BCUT2D eigenvalue weighted by atomic mass is 10.2. The molecule has 0 bridgehead atoms. The Hall–Kier alpha value is -1.27. The van der Waals surface area contributed by atoms with Gasteiger partial charge >= 0.3 is 0 Å². The van der Waals surface area contributed by atoms with Crippen molar-refractivity contribution >= 4 is 13.8 Å². The van der Waals surface area contributed by atoms with E-state index in [1.165, 1.54) is 18.5 Å². The van der Waals surface area contributed by atoms with Crippen LogP contribution in [0.5, 0.6) is 0 Å². The van der Waals surface area contributed by atoms with Crippen LogP contribution < -0.4 is 4.90 Å². The fraction of sp³-hybridized carbons (Fsp3) is 0.500. The molecule has 0 unspecified atom stereocenters. The number of aromatic nitrogens is 1. The number of nitrogens with zero attached hydrogens (tertiary/aromatic N) is 2. The van der Waals surface area contributed by atoms with Gasteiger partial charge in [0, 0.05) is 24.8 Å². The van der Waals surface area contributed by atoms with Gasteiger partial charge in [0.1, 0.15) is 8.07 Å². The molecule has 1 fully saturated rings. The van der Waals surface area contributed by atoms with Crippen molar-refractivity contribution in [1.82, 2.24) is 4.98 Å². The third-order valence-corrected chi connectivity index (χ3v) is 3.65. The molecule has 0 radical (unpaired) electrons. The lowest BCUT2D eigenvalue weighted by Crippen LogP contribution is -2.18. The molecule has 1 aromatic rings. The van der Waals surface area contributed by atoms with Crippen molar-refractivity contribution in [3.05, 3.63) is 24.0 Å². The molecule has 2 nitrogen and oxygen atoms in total. The van der Waals surface area contributed by atoms with Crippen LogP contribution in [0.1, 0.15) is 18.4 Å². The molecule has 2 heterocycles. The molecule has 2 rings (SSSR count). The zero-order chi connectivity index (χ0) is 12.3. The topological polar surface area (TPSA) is 16.1 Å². The zero-order valence-corrected chi connectivity index (χ0v) is 12.0. The van der Waals surface area contributed by atoms with Crippen molar-refractivity contribution in [2.45, 2.75) is 32.5 Å². The van der Waals surface area contributed by atoms with Crippen molar-refractivity contribution in [2.24, 2.45) is 0 Å². The molecular weight excluding hydrogens is 224 g/mol. The number of rotatable bonds is 1. The lowest BCUT2D eigenvalue weighted by molar-refractivity contribution is 0.949. The van der Waals surface area contributed by atoms with Crippen LogP contribution in [-0.4, -0.2) is 26.1 Å². The standard InChI is InChI=1S/C14H20N2Si/c1-17(2,3)9-6-13-10-14(12-15-11-13)16-7-4-5-8-16/h10-12H,4-5,7-8H2,1-3H3. The molecule has 1 aliphatic rings. The third-order valence-electron chi connectivity index (χ3n) is 2.78. The van der Waals surface area contributed by atoms with E-state index in [4.69, 9.17) is 0 Å². The quantitative estimate of drug-likeness (QED) is 0.558. The maximum atomic E-state index is 4.30. The SMILES string of the molecule is C[Si](C)(C)C#Cc1cncc(N2CCCC2)c1. The van der Waals surface area contributed by atoms with Gasteiger partial charge in [-0.2, -0.15) is 0 Å². The van der Waals surface area contributed by atoms with Gasteiger partial charge in [-0.1, -0.05) is 25.6 Å². The molecule has 0 N–H and O–H groups in total. The summed E-state index contributed by atoms with van der Waals surface area (Å²) in [5, 5.41) is 0. The summed E-state index contributed by atoms with van der Waals surface area (Å²) in [6.07, 6.45) is 6.41. The molecule has 0 aromatic carbocycles. The molecule has 0 spiro atoms. The molecule has 0 aliphatic carbocycles. The Morgan fingerprint density at radius 2 is 1.88 bits per heavy atom. The second-order valence-corrected chi connectivity index (χ2v) is 10.4. The summed E-state index contributed by atoms with van der Waals surface area (Å²) in [6, 6.07) is 2.17. The minimum Gasteiger partial charge on any atom is -0.370 e. The highest BCUT2D eigenvalue weighted by molar-refractivity contribution is 6.83. The van der Waals surface area contributed by atoms with Gasteiger partial charge in [-0.15, -0.1) is 5.54 Å². The van der Waals surface area contributed by atoms with E-state index in [0.717, 1.165) is 18.7 Å². The van der Waals surface area contributed by atoms with Gasteiger partial charge in [-0.3, -0.25) is 4.98 Å². The van der Waals surface area contributed by atoms with Crippen LogP contribution in [0.3, 0.4) is 0 Å². The predicted octanol–water partition coefficient (Wildman–Crippen LogP) is 2.91. The molecule has 17 heavy (non-hydrogen) atoms. The molecule has 0 atom stereocenters. The molecular formula is C14H20N2Si. The van der Waals surface area contributed by atoms with Crippen LogP contribution in [0.4, 0.5) is 5.69 Å². The largest absolute Gasteiger partial charge is 0.370 e. The van der Waals surface area contributed by atoms with Crippen LogP contribution in [0, 0.1) is 11.5 Å². The highest BCUT2D eigenvalue weighted by atomic mass is 28.3. The van der Waals surface area contributed by atoms with Crippen molar-refractivity contribution < 1.29 is 0 Å². The molecule has 1 aliphatic heterocycles. The van der Waals surface area contributed by atoms with Crippen molar-refractivity contribution in [2.75, 3.05) is 18.0 Å². The number of hydrogen-bond donors (Lipinski definition) is 0. The summed E-state index contributed by atoms with van der Waals surface area (Å²) in [5.41, 5.74) is 5.67. The first kappa shape index (κ1) is 12.2. The summed E-state index contributed by atoms with van der Waals surface area (Å²) < 4.78 is 0. The lowest BCUT2D eigenvalue weighted by Gasteiger charge is -2.16. The molecule has 0 amide bonds. The van der Waals surface area contributed by atoms with E-state index in [1.807, 2.05) is 12.4 Å². The van der Waals surface area contributed by atoms with E-state index < -0.39 is 8.07 Å². The second kappa shape index (κ2) is 4.93. The van der Waals surface area contributed by atoms with Gasteiger partial charge in [0.15, 0.2) is 0 Å². The van der Waals surface area contributed by atoms with Gasteiger partial charge in [-0.25, -0.2) is 0 Å². The monoisotopic (exact) mass is 244 g/mol. The average Bonchev–Trinajstić information content (AvgIpc) is 2.79. The second-order valence-electron chi connectivity index (χ2n) is 5.63. The van der Waals surface area contributed by atoms with E-state index in [2.05, 4.69) is 47.1 Å². The maximum absolute atomic E-state index is 4.30. The third kappa shape index (κ3) is 3.60. The minimum atomic E-state index is -1.29. The Kier molecular flexibility index (Phi) is 3.53. The summed E-state index contributed by atoms with van der Waals surface area (Å²) in [4.78, 5) is 6.70. The van der Waals surface area contributed by atoms with E-state index in [0.29, 0.717) is 0 Å². The number of anilines is 1. The predicted molar refractivity (Wildman–Crippen MR) is 75.9 cm³/mol. The molecule has 0 saturated carbocycles. The van der Waals surface area contributed by atoms with Crippen molar-refractivity contribution in [1.29, 1.82) is 0 Å². The first-order valence-corrected chi connectivity index (χ1v) is 9.78. The Morgan fingerprint density at radius 1 is 1.18 bits per heavy atom. The molecule has 90 valence electrons. The molecule has 1 saturated heterocycles. The summed E-state index contributed by atoms with van der Waals surface area (Å²) >= 11 is 0. The van der Waals surface area contributed by atoms with Gasteiger partial charge in [-0.05, 0) is 18.9 Å². The van der Waals surface area contributed by atoms with Crippen molar-refractivity contribution in [3.8, 4) is 11.5 Å². The van der Waals surface area contributed by atoms with Crippen LogP contribution in [0.2, 0.25) is 19.6 Å². The van der Waals surface area contributed by atoms with Crippen LogP contribution in [-0.2, 0) is 0 Å². The molecule has 1 aromatic heterocycles. The Morgan fingerprint density at radius 3 is 2.53 bits per heavy atom. The van der Waals surface area contributed by atoms with E-state index in [1.54, 1.807) is 0 Å². The first-order valence-electron chi connectivity index (χ1n) is 6.28. The van der Waals surface area contributed by atoms with Gasteiger partial charge in [0.2, 0.25) is 0 Å². The van der Waals surface area contributed by atoms with Crippen LogP contribution in [0.15, 0.2) is 18.5 Å². The maximum Gasteiger partial charge on any atom is 0.129 e. The highest BCUT2D eigenvalue weighted by Crippen LogP contribution is 2.19. The first-order chi connectivity index (χ1) is 8.04. The smallest absolute Gasteiger partial charge is 0.129 e. The van der Waals surface area contributed by atoms with Crippen LogP contribution in [0.25, 0.3) is 0 Å². The van der Waals surface area contributed by atoms with Gasteiger partial charge in [0.25, 0.3) is 0 Å². The fourth-order valence-corrected chi connectivity index (χ4v) is 2.42. The zero-order valence-electron chi connectivity index (χ0n) is 11.0. The van der Waals surface area contributed by atoms with Crippen LogP contribution >= 0.6 is 0 Å². The normalized spacial score (nSPS) is 15.6. The molecule has 3 heteroatoms. The highest BCUT2D eigenvalue weighted by Gasteiger charge is 2.12. The van der Waals surface area contributed by atoms with E-state index >= 15 is 0 Å². The fourth-order valence-electron chi connectivity index (χ4n) is 1.90. The number of hydrogen-bond acceptors (Lipinski definition) is 2. The Labute approximate surface area is 105 Å². The Balaban J connectivity index is 2.18. The summed E-state index contributed by atoms with van der Waals surface area (Å²) in [6.45, 7) is 9.10. The summed E-state index contributed by atoms with van der Waals surface area (Å²) in [7, 11) is -1.29. The van der Waals surface area contributed by atoms with E-state index in [9.17, 15) is 0 Å². The van der Waals surface area contributed by atoms with Crippen molar-refractivity contribution in [3.63, 3.8) is 0 Å². The van der Waals surface area contributed by atoms with Gasteiger partial charge < -0.3 is 4.90 Å².